The van der Waals surface area contributed by atoms with E-state index in [0.717, 1.165) is 19.6 Å². The van der Waals surface area contributed by atoms with E-state index in [4.69, 9.17) is 10.5 Å². The van der Waals surface area contributed by atoms with E-state index in [-0.39, 0.29) is 0 Å². The maximum atomic E-state index is 5.84. The maximum absolute atomic E-state index is 5.84. The topological polar surface area (TPSA) is 50.8 Å². The lowest BCUT2D eigenvalue weighted by Crippen LogP contribution is -2.41. The van der Waals surface area contributed by atoms with E-state index in [1.54, 1.807) is 7.11 Å². The normalized spacial score (nSPS) is 12.2. The molecule has 2 N–H and O–H groups in total. The number of nitrogens with zero attached hydrogens (tertiary/aromatic N) is 2. The summed E-state index contributed by atoms with van der Waals surface area (Å²) in [5, 5.41) is 0. The summed E-state index contributed by atoms with van der Waals surface area (Å²) in [6, 6.07) is 0. The molecule has 0 saturated carbocycles. The molecule has 4 nitrogen and oxygen atoms in total. The van der Waals surface area contributed by atoms with Crippen LogP contribution < -0.4 is 5.73 Å². The Morgan fingerprint density at radius 3 is 2.57 bits per heavy atom. The molecule has 0 fully saturated rings. The van der Waals surface area contributed by atoms with Gasteiger partial charge in [-0.05, 0) is 12.8 Å². The Morgan fingerprint density at radius 2 is 2.14 bits per heavy atom. The summed E-state index contributed by atoms with van der Waals surface area (Å²) in [7, 11) is 1.70. The minimum atomic E-state index is 0.581. The van der Waals surface area contributed by atoms with Gasteiger partial charge in [-0.3, -0.25) is 4.99 Å². The highest BCUT2D eigenvalue weighted by Crippen LogP contribution is 1.98. The first-order chi connectivity index (χ1) is 6.61. The molecule has 84 valence electrons. The highest BCUT2D eigenvalue weighted by atomic mass is 16.5. The molecule has 0 atom stereocenters. The second-order valence-electron chi connectivity index (χ2n) is 3.67. The van der Waals surface area contributed by atoms with Gasteiger partial charge in [0, 0.05) is 26.7 Å². The molecule has 14 heavy (non-hydrogen) atoms. The molecule has 0 bridgehead atoms. The molecule has 0 spiro atoms. The number of methoxy groups -OCH3 is 1. The first-order valence-corrected chi connectivity index (χ1v) is 5.15. The minimum Gasteiger partial charge on any atom is -0.383 e. The van der Waals surface area contributed by atoms with Crippen molar-refractivity contribution >= 4 is 5.96 Å². The molecule has 0 aliphatic rings. The van der Waals surface area contributed by atoms with Crippen LogP contribution in [0.3, 0.4) is 0 Å². The fraction of sp³-hybridized carbons (Fsp3) is 0.900. The number of guanidine groups is 1. The fourth-order valence-electron chi connectivity index (χ4n) is 1.20. The Bertz CT molecular complexity index is 169. The van der Waals surface area contributed by atoms with Crippen molar-refractivity contribution in [3.8, 4) is 0 Å². The summed E-state index contributed by atoms with van der Waals surface area (Å²) in [4.78, 5) is 6.26. The zero-order chi connectivity index (χ0) is 11.0. The molecule has 0 aromatic heterocycles. The van der Waals surface area contributed by atoms with Gasteiger partial charge in [0.25, 0.3) is 0 Å². The summed E-state index contributed by atoms with van der Waals surface area (Å²) < 4.78 is 5.03. The van der Waals surface area contributed by atoms with Gasteiger partial charge in [-0.1, -0.05) is 13.8 Å². The van der Waals surface area contributed by atoms with E-state index in [9.17, 15) is 0 Å². The van der Waals surface area contributed by atoms with E-state index in [1.165, 1.54) is 0 Å². The number of hydrogen-bond donors (Lipinski definition) is 1. The first kappa shape index (κ1) is 13.2. The van der Waals surface area contributed by atoms with Gasteiger partial charge in [0.1, 0.15) is 0 Å². The van der Waals surface area contributed by atoms with E-state index in [2.05, 4.69) is 23.7 Å². The van der Waals surface area contributed by atoms with Gasteiger partial charge in [0.05, 0.1) is 6.61 Å². The number of hydrogen-bond acceptors (Lipinski definition) is 2. The smallest absolute Gasteiger partial charge is 0.191 e. The lowest BCUT2D eigenvalue weighted by Gasteiger charge is -2.25. The SMILES string of the molecule is CCN=C(N)N(CCOC)CC(C)C. The number of aliphatic imine (C=N–C) groups is 1. The van der Waals surface area contributed by atoms with Gasteiger partial charge in [0.2, 0.25) is 0 Å². The third-order valence-corrected chi connectivity index (χ3v) is 1.79. The molecule has 0 rings (SSSR count). The second-order valence-corrected chi connectivity index (χ2v) is 3.67. The largest absolute Gasteiger partial charge is 0.383 e. The van der Waals surface area contributed by atoms with Crippen LogP contribution in [0.1, 0.15) is 20.8 Å². The maximum Gasteiger partial charge on any atom is 0.191 e. The molecule has 0 aromatic rings. The molecule has 4 heteroatoms. The van der Waals surface area contributed by atoms with Gasteiger partial charge in [-0.2, -0.15) is 0 Å². The van der Waals surface area contributed by atoms with Crippen LogP contribution in [0, 0.1) is 5.92 Å². The summed E-state index contributed by atoms with van der Waals surface area (Å²) in [5.74, 6) is 1.20. The third kappa shape index (κ3) is 5.80. The summed E-state index contributed by atoms with van der Waals surface area (Å²) >= 11 is 0. The molecule has 0 aliphatic heterocycles. The molecule has 0 radical (unpaired) electrons. The Kier molecular flexibility index (Phi) is 7.20. The van der Waals surface area contributed by atoms with Crippen molar-refractivity contribution in [3.63, 3.8) is 0 Å². The molecular weight excluding hydrogens is 178 g/mol. The third-order valence-electron chi connectivity index (χ3n) is 1.79. The van der Waals surface area contributed by atoms with Gasteiger partial charge in [-0.15, -0.1) is 0 Å². The zero-order valence-corrected chi connectivity index (χ0v) is 9.79. The van der Waals surface area contributed by atoms with Gasteiger partial charge < -0.3 is 15.4 Å². The van der Waals surface area contributed by atoms with Crippen molar-refractivity contribution in [2.75, 3.05) is 33.4 Å². The van der Waals surface area contributed by atoms with Crippen LogP contribution in [0.5, 0.6) is 0 Å². The van der Waals surface area contributed by atoms with Crippen LogP contribution in [0.2, 0.25) is 0 Å². The van der Waals surface area contributed by atoms with Gasteiger partial charge in [0.15, 0.2) is 5.96 Å². The van der Waals surface area contributed by atoms with Crippen molar-refractivity contribution in [1.29, 1.82) is 0 Å². The van der Waals surface area contributed by atoms with Crippen molar-refractivity contribution in [2.45, 2.75) is 20.8 Å². The average molecular weight is 201 g/mol. The van der Waals surface area contributed by atoms with Crippen molar-refractivity contribution < 1.29 is 4.74 Å². The monoisotopic (exact) mass is 201 g/mol. The second kappa shape index (κ2) is 7.62. The predicted octanol–water partition coefficient (Wildman–Crippen LogP) is 0.925. The van der Waals surface area contributed by atoms with E-state index in [0.29, 0.717) is 18.5 Å². The van der Waals surface area contributed by atoms with Gasteiger partial charge >= 0.3 is 0 Å². The summed E-state index contributed by atoms with van der Waals surface area (Å²) in [6.45, 7) is 9.47. The van der Waals surface area contributed by atoms with Gasteiger partial charge in [-0.25, -0.2) is 0 Å². The van der Waals surface area contributed by atoms with E-state index in [1.807, 2.05) is 6.92 Å². The van der Waals surface area contributed by atoms with Crippen LogP contribution in [0.15, 0.2) is 4.99 Å². The minimum absolute atomic E-state index is 0.581. The molecule has 0 aromatic carbocycles. The summed E-state index contributed by atoms with van der Waals surface area (Å²) in [5.41, 5.74) is 5.84. The lowest BCUT2D eigenvalue weighted by molar-refractivity contribution is 0.171. The Labute approximate surface area is 87.1 Å². The van der Waals surface area contributed by atoms with Crippen LogP contribution in [0.4, 0.5) is 0 Å². The molecule has 0 aliphatic carbocycles. The van der Waals surface area contributed by atoms with Crippen LogP contribution in [-0.2, 0) is 4.74 Å². The van der Waals surface area contributed by atoms with E-state index >= 15 is 0 Å². The fourth-order valence-corrected chi connectivity index (χ4v) is 1.20. The van der Waals surface area contributed by atoms with Crippen LogP contribution in [0.25, 0.3) is 0 Å². The quantitative estimate of drug-likeness (QED) is 0.513. The lowest BCUT2D eigenvalue weighted by atomic mass is 10.2. The number of ether oxygens (including phenoxy) is 1. The summed E-state index contributed by atoms with van der Waals surface area (Å²) in [6.07, 6.45) is 0. The van der Waals surface area contributed by atoms with Crippen molar-refractivity contribution in [2.24, 2.45) is 16.6 Å². The van der Waals surface area contributed by atoms with Crippen LogP contribution in [-0.4, -0.2) is 44.2 Å². The molecule has 0 heterocycles. The molecule has 0 amide bonds. The van der Waals surface area contributed by atoms with Crippen molar-refractivity contribution in [1.82, 2.24) is 4.90 Å². The molecule has 0 unspecified atom stereocenters. The Hall–Kier alpha value is -0.770. The first-order valence-electron chi connectivity index (χ1n) is 5.15. The zero-order valence-electron chi connectivity index (χ0n) is 9.79. The van der Waals surface area contributed by atoms with Crippen LogP contribution >= 0.6 is 0 Å². The van der Waals surface area contributed by atoms with E-state index < -0.39 is 0 Å². The Morgan fingerprint density at radius 1 is 1.50 bits per heavy atom. The highest BCUT2D eigenvalue weighted by molar-refractivity contribution is 5.78. The number of nitrogens with two attached hydrogens (primary N) is 1. The average Bonchev–Trinajstić information content (AvgIpc) is 2.12. The number of rotatable bonds is 6. The highest BCUT2D eigenvalue weighted by Gasteiger charge is 2.08. The standard InChI is InChI=1S/C10H23N3O/c1-5-12-10(11)13(6-7-14-4)8-9(2)3/h9H,5-8H2,1-4H3,(H2,11,12). The molecule has 0 saturated heterocycles. The van der Waals surface area contributed by atoms with Crippen molar-refractivity contribution in [3.05, 3.63) is 0 Å². The predicted molar refractivity (Wildman–Crippen MR) is 60.5 cm³/mol. The molecular formula is C10H23N3O. The Balaban J connectivity index is 4.15.